The van der Waals surface area contributed by atoms with Crippen LogP contribution in [-0.2, 0) is 4.74 Å². The summed E-state index contributed by atoms with van der Waals surface area (Å²) in [5, 5.41) is 0. The number of ether oxygens (including phenoxy) is 2. The van der Waals surface area contributed by atoms with Crippen molar-refractivity contribution in [1.82, 2.24) is 4.98 Å². The van der Waals surface area contributed by atoms with E-state index in [4.69, 9.17) is 15.2 Å². The van der Waals surface area contributed by atoms with Crippen LogP contribution in [0.1, 0.15) is 24.9 Å². The number of aromatic nitrogens is 1. The number of hydrogen-bond acceptors (Lipinski definition) is 4. The normalized spacial score (nSPS) is 22.0. The molecule has 1 saturated heterocycles. The minimum atomic E-state index is 0.0183. The van der Waals surface area contributed by atoms with E-state index in [-0.39, 0.29) is 6.04 Å². The fourth-order valence-corrected chi connectivity index (χ4v) is 1.66. The van der Waals surface area contributed by atoms with E-state index >= 15 is 0 Å². The molecule has 1 aromatic heterocycles. The van der Waals surface area contributed by atoms with Crippen molar-refractivity contribution in [3.63, 3.8) is 0 Å². The SMILES string of the molecule is CC(N)c1ccc(OCC2CCOC2)nc1. The van der Waals surface area contributed by atoms with Crippen LogP contribution in [0.3, 0.4) is 0 Å². The largest absolute Gasteiger partial charge is 0.477 e. The molecule has 0 radical (unpaired) electrons. The number of pyridine rings is 1. The summed E-state index contributed by atoms with van der Waals surface area (Å²) >= 11 is 0. The molecule has 4 nitrogen and oxygen atoms in total. The van der Waals surface area contributed by atoms with Gasteiger partial charge in [-0.2, -0.15) is 0 Å². The van der Waals surface area contributed by atoms with Gasteiger partial charge < -0.3 is 15.2 Å². The molecule has 0 amide bonds. The number of nitrogens with two attached hydrogens (primary N) is 1. The maximum Gasteiger partial charge on any atom is 0.213 e. The Balaban J connectivity index is 1.84. The van der Waals surface area contributed by atoms with Crippen LogP contribution < -0.4 is 10.5 Å². The van der Waals surface area contributed by atoms with Crippen LogP contribution in [-0.4, -0.2) is 24.8 Å². The van der Waals surface area contributed by atoms with Crippen LogP contribution in [0.5, 0.6) is 5.88 Å². The smallest absolute Gasteiger partial charge is 0.213 e. The Morgan fingerprint density at radius 1 is 1.62 bits per heavy atom. The van der Waals surface area contributed by atoms with Crippen LogP contribution >= 0.6 is 0 Å². The van der Waals surface area contributed by atoms with E-state index in [1.54, 1.807) is 6.20 Å². The predicted molar refractivity (Wildman–Crippen MR) is 61.3 cm³/mol. The maximum atomic E-state index is 5.74. The van der Waals surface area contributed by atoms with E-state index < -0.39 is 0 Å². The third-order valence-corrected chi connectivity index (χ3v) is 2.78. The Kier molecular flexibility index (Phi) is 3.74. The molecule has 0 aromatic carbocycles. The lowest BCUT2D eigenvalue weighted by molar-refractivity contribution is 0.165. The summed E-state index contributed by atoms with van der Waals surface area (Å²) in [4.78, 5) is 4.22. The Morgan fingerprint density at radius 2 is 2.50 bits per heavy atom. The highest BCUT2D eigenvalue weighted by Crippen LogP contribution is 2.16. The molecule has 0 bridgehead atoms. The van der Waals surface area contributed by atoms with E-state index in [2.05, 4.69) is 4.98 Å². The number of nitrogens with zero attached hydrogens (tertiary/aromatic N) is 1. The van der Waals surface area contributed by atoms with Gasteiger partial charge in [0.15, 0.2) is 0 Å². The van der Waals surface area contributed by atoms with Gasteiger partial charge in [0, 0.05) is 30.8 Å². The molecule has 0 spiro atoms. The highest BCUT2D eigenvalue weighted by atomic mass is 16.5. The lowest BCUT2D eigenvalue weighted by atomic mass is 10.1. The van der Waals surface area contributed by atoms with Crippen molar-refractivity contribution in [3.05, 3.63) is 23.9 Å². The quantitative estimate of drug-likeness (QED) is 0.839. The highest BCUT2D eigenvalue weighted by molar-refractivity contribution is 5.19. The molecule has 88 valence electrons. The summed E-state index contributed by atoms with van der Waals surface area (Å²) in [6.07, 6.45) is 2.85. The highest BCUT2D eigenvalue weighted by Gasteiger charge is 2.16. The summed E-state index contributed by atoms with van der Waals surface area (Å²) in [7, 11) is 0. The van der Waals surface area contributed by atoms with Crippen LogP contribution in [0.2, 0.25) is 0 Å². The van der Waals surface area contributed by atoms with Gasteiger partial charge in [0.25, 0.3) is 0 Å². The Bertz CT molecular complexity index is 318. The van der Waals surface area contributed by atoms with E-state index in [0.717, 1.165) is 25.2 Å². The zero-order valence-corrected chi connectivity index (χ0v) is 9.56. The third-order valence-electron chi connectivity index (χ3n) is 2.78. The van der Waals surface area contributed by atoms with Gasteiger partial charge in [-0.15, -0.1) is 0 Å². The summed E-state index contributed by atoms with van der Waals surface area (Å²) in [6, 6.07) is 3.84. The molecular formula is C12H18N2O2. The molecule has 2 rings (SSSR count). The maximum absolute atomic E-state index is 5.74. The van der Waals surface area contributed by atoms with Gasteiger partial charge in [-0.25, -0.2) is 4.98 Å². The van der Waals surface area contributed by atoms with Crippen molar-refractivity contribution in [3.8, 4) is 5.88 Å². The Labute approximate surface area is 95.8 Å². The molecule has 1 aliphatic rings. The average Bonchev–Trinajstić information content (AvgIpc) is 2.80. The minimum Gasteiger partial charge on any atom is -0.477 e. The van der Waals surface area contributed by atoms with Crippen LogP contribution in [0.25, 0.3) is 0 Å². The van der Waals surface area contributed by atoms with Crippen LogP contribution in [0.15, 0.2) is 18.3 Å². The minimum absolute atomic E-state index is 0.0183. The van der Waals surface area contributed by atoms with E-state index in [0.29, 0.717) is 18.4 Å². The summed E-state index contributed by atoms with van der Waals surface area (Å²) in [6.45, 7) is 4.28. The summed E-state index contributed by atoms with van der Waals surface area (Å²) in [5.41, 5.74) is 6.76. The monoisotopic (exact) mass is 222 g/mol. The van der Waals surface area contributed by atoms with Gasteiger partial charge in [0.1, 0.15) is 0 Å². The standard InChI is InChI=1S/C12H18N2O2/c1-9(13)11-2-3-12(14-6-11)16-8-10-4-5-15-7-10/h2-3,6,9-10H,4-5,7-8,13H2,1H3. The molecule has 4 heteroatoms. The zero-order chi connectivity index (χ0) is 11.4. The molecule has 2 N–H and O–H groups in total. The van der Waals surface area contributed by atoms with Crippen molar-refractivity contribution in [2.24, 2.45) is 11.7 Å². The first-order valence-corrected chi connectivity index (χ1v) is 5.68. The van der Waals surface area contributed by atoms with Gasteiger partial charge >= 0.3 is 0 Å². The second-order valence-corrected chi connectivity index (χ2v) is 4.26. The molecule has 0 aliphatic carbocycles. The molecule has 2 atom stereocenters. The second-order valence-electron chi connectivity index (χ2n) is 4.26. The van der Waals surface area contributed by atoms with Crippen molar-refractivity contribution in [2.75, 3.05) is 19.8 Å². The summed E-state index contributed by atoms with van der Waals surface area (Å²) < 4.78 is 10.9. The first kappa shape index (κ1) is 11.4. The second kappa shape index (κ2) is 5.27. The third kappa shape index (κ3) is 2.93. The van der Waals surface area contributed by atoms with E-state index in [9.17, 15) is 0 Å². The van der Waals surface area contributed by atoms with Crippen LogP contribution in [0, 0.1) is 5.92 Å². The molecule has 16 heavy (non-hydrogen) atoms. The lowest BCUT2D eigenvalue weighted by Crippen LogP contribution is -2.12. The first-order chi connectivity index (χ1) is 7.75. The molecule has 2 unspecified atom stereocenters. The molecule has 1 fully saturated rings. The van der Waals surface area contributed by atoms with Gasteiger partial charge in [-0.1, -0.05) is 6.07 Å². The Hall–Kier alpha value is -1.13. The Morgan fingerprint density at radius 3 is 3.06 bits per heavy atom. The van der Waals surface area contributed by atoms with Gasteiger partial charge in [-0.3, -0.25) is 0 Å². The average molecular weight is 222 g/mol. The number of hydrogen-bond donors (Lipinski definition) is 1. The fraction of sp³-hybridized carbons (Fsp3) is 0.583. The van der Waals surface area contributed by atoms with E-state index in [1.807, 2.05) is 19.1 Å². The van der Waals surface area contributed by atoms with Crippen molar-refractivity contribution in [2.45, 2.75) is 19.4 Å². The summed E-state index contributed by atoms with van der Waals surface area (Å²) in [5.74, 6) is 1.17. The molecule has 2 heterocycles. The zero-order valence-electron chi connectivity index (χ0n) is 9.56. The van der Waals surface area contributed by atoms with Crippen molar-refractivity contribution in [1.29, 1.82) is 0 Å². The topological polar surface area (TPSA) is 57.4 Å². The fourth-order valence-electron chi connectivity index (χ4n) is 1.66. The predicted octanol–water partition coefficient (Wildman–Crippen LogP) is 1.52. The first-order valence-electron chi connectivity index (χ1n) is 5.68. The van der Waals surface area contributed by atoms with Gasteiger partial charge in [0.05, 0.1) is 13.2 Å². The molecule has 1 aromatic rings. The van der Waals surface area contributed by atoms with E-state index in [1.165, 1.54) is 0 Å². The lowest BCUT2D eigenvalue weighted by Gasteiger charge is -2.10. The van der Waals surface area contributed by atoms with Gasteiger partial charge in [-0.05, 0) is 18.9 Å². The molecular weight excluding hydrogens is 204 g/mol. The van der Waals surface area contributed by atoms with Gasteiger partial charge in [0.2, 0.25) is 5.88 Å². The van der Waals surface area contributed by atoms with Crippen LogP contribution in [0.4, 0.5) is 0 Å². The van der Waals surface area contributed by atoms with Crippen molar-refractivity contribution >= 4 is 0 Å². The van der Waals surface area contributed by atoms with Crippen molar-refractivity contribution < 1.29 is 9.47 Å². The molecule has 0 saturated carbocycles. The molecule has 1 aliphatic heterocycles. The number of rotatable bonds is 4.